The minimum absolute atomic E-state index is 0.221. The van der Waals surface area contributed by atoms with Crippen molar-refractivity contribution >= 4 is 12.3 Å². The number of hydrogen-bond acceptors (Lipinski definition) is 5. The summed E-state index contributed by atoms with van der Waals surface area (Å²) in [5.74, 6) is -0.152. The molecule has 104 valence electrons. The van der Waals surface area contributed by atoms with E-state index >= 15 is 0 Å². The molecule has 1 rings (SSSR count). The van der Waals surface area contributed by atoms with Crippen LogP contribution in [0.4, 0.5) is 0 Å². The van der Waals surface area contributed by atoms with Crippen molar-refractivity contribution < 1.29 is 23.8 Å². The highest BCUT2D eigenvalue weighted by Crippen LogP contribution is 2.20. The standard InChI is InChI=1S/C13H22O5/c1-3-16-12(15)6-4-5-11(7-14)13-17-8-10(2)9-18-13/h7,10-11,13H,3-6,8-9H2,1-2H3. The quantitative estimate of drug-likeness (QED) is 0.512. The van der Waals surface area contributed by atoms with E-state index in [-0.39, 0.29) is 11.9 Å². The second-order valence-corrected chi connectivity index (χ2v) is 4.64. The number of carbonyl (C=O) groups is 2. The Morgan fingerprint density at radius 1 is 1.44 bits per heavy atom. The molecule has 0 spiro atoms. The van der Waals surface area contributed by atoms with Gasteiger partial charge in [-0.2, -0.15) is 0 Å². The van der Waals surface area contributed by atoms with E-state index in [2.05, 4.69) is 0 Å². The molecule has 0 aliphatic carbocycles. The van der Waals surface area contributed by atoms with E-state index in [4.69, 9.17) is 14.2 Å². The van der Waals surface area contributed by atoms with Gasteiger partial charge in [0.05, 0.1) is 25.7 Å². The van der Waals surface area contributed by atoms with Crippen molar-refractivity contribution in [3.8, 4) is 0 Å². The fourth-order valence-electron chi connectivity index (χ4n) is 1.85. The van der Waals surface area contributed by atoms with Crippen molar-refractivity contribution in [2.75, 3.05) is 19.8 Å². The summed E-state index contributed by atoms with van der Waals surface area (Å²) in [6.07, 6.45) is 1.93. The largest absolute Gasteiger partial charge is 0.466 e. The Hall–Kier alpha value is -0.940. The first-order chi connectivity index (χ1) is 8.67. The molecular formula is C13H22O5. The van der Waals surface area contributed by atoms with Crippen LogP contribution in [0, 0.1) is 11.8 Å². The van der Waals surface area contributed by atoms with E-state index in [1.807, 2.05) is 6.92 Å². The van der Waals surface area contributed by atoms with Crippen molar-refractivity contribution in [1.29, 1.82) is 0 Å². The lowest BCUT2D eigenvalue weighted by Gasteiger charge is -2.30. The van der Waals surface area contributed by atoms with Crippen molar-refractivity contribution in [1.82, 2.24) is 0 Å². The average molecular weight is 258 g/mol. The van der Waals surface area contributed by atoms with Crippen LogP contribution in [0.3, 0.4) is 0 Å². The van der Waals surface area contributed by atoms with Gasteiger partial charge in [0, 0.05) is 12.3 Å². The summed E-state index contributed by atoms with van der Waals surface area (Å²) >= 11 is 0. The van der Waals surface area contributed by atoms with Crippen LogP contribution in [0.15, 0.2) is 0 Å². The first kappa shape index (κ1) is 15.1. The predicted molar refractivity (Wildman–Crippen MR) is 64.9 cm³/mol. The van der Waals surface area contributed by atoms with Crippen LogP contribution in [-0.4, -0.2) is 38.4 Å². The molecule has 5 nitrogen and oxygen atoms in total. The summed E-state index contributed by atoms with van der Waals surface area (Å²) in [5, 5.41) is 0. The maximum atomic E-state index is 11.2. The van der Waals surface area contributed by atoms with Crippen LogP contribution in [-0.2, 0) is 23.8 Å². The molecule has 18 heavy (non-hydrogen) atoms. The second kappa shape index (κ2) is 8.21. The molecule has 1 fully saturated rings. The number of carbonyl (C=O) groups excluding carboxylic acids is 2. The Morgan fingerprint density at radius 2 is 2.11 bits per heavy atom. The van der Waals surface area contributed by atoms with Crippen LogP contribution in [0.5, 0.6) is 0 Å². The molecular weight excluding hydrogens is 236 g/mol. The fourth-order valence-corrected chi connectivity index (χ4v) is 1.85. The van der Waals surface area contributed by atoms with E-state index in [9.17, 15) is 9.59 Å². The lowest BCUT2D eigenvalue weighted by Crippen LogP contribution is -2.36. The summed E-state index contributed by atoms with van der Waals surface area (Å²) in [7, 11) is 0. The van der Waals surface area contributed by atoms with E-state index in [1.165, 1.54) is 0 Å². The predicted octanol–water partition coefficient (Wildman–Crippen LogP) is 1.54. The third-order valence-corrected chi connectivity index (χ3v) is 2.84. The lowest BCUT2D eigenvalue weighted by molar-refractivity contribution is -0.218. The van der Waals surface area contributed by atoms with Crippen LogP contribution < -0.4 is 0 Å². The molecule has 0 radical (unpaired) electrons. The van der Waals surface area contributed by atoms with Gasteiger partial charge in [0.1, 0.15) is 6.29 Å². The molecule has 0 bridgehead atoms. The minimum Gasteiger partial charge on any atom is -0.466 e. The molecule has 1 atom stereocenters. The third kappa shape index (κ3) is 5.14. The van der Waals surface area contributed by atoms with Gasteiger partial charge in [-0.3, -0.25) is 4.79 Å². The average Bonchev–Trinajstić information content (AvgIpc) is 2.36. The number of hydrogen-bond donors (Lipinski definition) is 0. The molecule has 1 saturated heterocycles. The highest BCUT2D eigenvalue weighted by atomic mass is 16.7. The number of rotatable bonds is 7. The second-order valence-electron chi connectivity index (χ2n) is 4.64. The number of aldehydes is 1. The van der Waals surface area contributed by atoms with Gasteiger partial charge in [0.15, 0.2) is 6.29 Å². The molecule has 0 aromatic heterocycles. The Morgan fingerprint density at radius 3 is 2.67 bits per heavy atom. The van der Waals surface area contributed by atoms with Gasteiger partial charge in [-0.05, 0) is 19.8 Å². The Bertz CT molecular complexity index is 258. The van der Waals surface area contributed by atoms with Gasteiger partial charge >= 0.3 is 5.97 Å². The molecule has 5 heteroatoms. The zero-order chi connectivity index (χ0) is 13.4. The Balaban J connectivity index is 2.25. The molecule has 1 aliphatic rings. The van der Waals surface area contributed by atoms with E-state index in [0.29, 0.717) is 45.0 Å². The van der Waals surface area contributed by atoms with Crippen LogP contribution in [0.2, 0.25) is 0 Å². The molecule has 0 aromatic carbocycles. The molecule has 1 aliphatic heterocycles. The lowest BCUT2D eigenvalue weighted by atomic mass is 10.0. The van der Waals surface area contributed by atoms with Crippen molar-refractivity contribution in [3.05, 3.63) is 0 Å². The summed E-state index contributed by atoms with van der Waals surface area (Å²) in [5.41, 5.74) is 0. The first-order valence-corrected chi connectivity index (χ1v) is 6.51. The molecule has 0 amide bonds. The summed E-state index contributed by atoms with van der Waals surface area (Å²) in [6, 6.07) is 0. The maximum absolute atomic E-state index is 11.2. The van der Waals surface area contributed by atoms with E-state index in [0.717, 1.165) is 6.29 Å². The first-order valence-electron chi connectivity index (χ1n) is 6.51. The zero-order valence-electron chi connectivity index (χ0n) is 11.1. The van der Waals surface area contributed by atoms with Gasteiger partial charge in [0.2, 0.25) is 0 Å². The zero-order valence-corrected chi connectivity index (χ0v) is 11.1. The van der Waals surface area contributed by atoms with Crippen LogP contribution in [0.25, 0.3) is 0 Å². The molecule has 0 N–H and O–H groups in total. The van der Waals surface area contributed by atoms with Gasteiger partial charge in [-0.25, -0.2) is 0 Å². The molecule has 1 unspecified atom stereocenters. The van der Waals surface area contributed by atoms with Gasteiger partial charge in [-0.1, -0.05) is 6.92 Å². The minimum atomic E-state index is -0.458. The fraction of sp³-hybridized carbons (Fsp3) is 0.846. The van der Waals surface area contributed by atoms with Crippen LogP contribution >= 0.6 is 0 Å². The highest BCUT2D eigenvalue weighted by molar-refractivity contribution is 5.69. The van der Waals surface area contributed by atoms with Gasteiger partial charge in [-0.15, -0.1) is 0 Å². The van der Waals surface area contributed by atoms with E-state index < -0.39 is 6.29 Å². The Labute approximate surface area is 108 Å². The summed E-state index contributed by atoms with van der Waals surface area (Å²) in [4.78, 5) is 22.2. The smallest absolute Gasteiger partial charge is 0.305 e. The monoisotopic (exact) mass is 258 g/mol. The van der Waals surface area contributed by atoms with E-state index in [1.54, 1.807) is 6.92 Å². The van der Waals surface area contributed by atoms with Crippen molar-refractivity contribution in [3.63, 3.8) is 0 Å². The van der Waals surface area contributed by atoms with Crippen LogP contribution in [0.1, 0.15) is 33.1 Å². The topological polar surface area (TPSA) is 61.8 Å². The van der Waals surface area contributed by atoms with Gasteiger partial charge in [0.25, 0.3) is 0 Å². The number of ether oxygens (including phenoxy) is 3. The SMILES string of the molecule is CCOC(=O)CCCC(C=O)C1OCC(C)CO1. The molecule has 0 saturated carbocycles. The third-order valence-electron chi connectivity index (χ3n) is 2.84. The number of esters is 1. The van der Waals surface area contributed by atoms with Gasteiger partial charge < -0.3 is 19.0 Å². The van der Waals surface area contributed by atoms with Crippen molar-refractivity contribution in [2.24, 2.45) is 11.8 Å². The summed E-state index contributed by atoms with van der Waals surface area (Å²) < 4.78 is 15.8. The maximum Gasteiger partial charge on any atom is 0.305 e. The molecule has 1 heterocycles. The molecule has 0 aromatic rings. The summed E-state index contributed by atoms with van der Waals surface area (Å²) in [6.45, 7) is 5.44. The highest BCUT2D eigenvalue weighted by Gasteiger charge is 2.27. The Kier molecular flexibility index (Phi) is 6.90. The normalized spacial score (nSPS) is 25.4. The van der Waals surface area contributed by atoms with Crippen molar-refractivity contribution in [2.45, 2.75) is 39.4 Å².